The van der Waals surface area contributed by atoms with E-state index in [1.54, 1.807) is 17.8 Å². The summed E-state index contributed by atoms with van der Waals surface area (Å²) in [6.07, 6.45) is 1.72. The number of aromatic nitrogens is 4. The largest absolute Gasteiger partial charge is 0.324 e. The van der Waals surface area contributed by atoms with E-state index in [1.165, 1.54) is 36.4 Å². The van der Waals surface area contributed by atoms with E-state index in [9.17, 15) is 13.2 Å². The number of benzene rings is 1. The SMILES string of the molecule is Cc1nn(C(C)C(=O)Nc2ccc(S(=O)(=O)Nc3ccc(Cl)nn3)cc2)cc1Br. The first kappa shape index (κ1) is 21.2. The van der Waals surface area contributed by atoms with E-state index in [4.69, 9.17) is 11.6 Å². The second kappa shape index (κ2) is 8.47. The van der Waals surface area contributed by atoms with Gasteiger partial charge in [0.2, 0.25) is 5.91 Å². The summed E-state index contributed by atoms with van der Waals surface area (Å²) in [6, 6.07) is 8.02. The zero-order valence-corrected chi connectivity index (χ0v) is 18.5. The first-order chi connectivity index (χ1) is 13.7. The molecule has 2 N–H and O–H groups in total. The van der Waals surface area contributed by atoms with E-state index in [1.807, 2.05) is 6.92 Å². The molecule has 0 spiro atoms. The van der Waals surface area contributed by atoms with Crippen molar-refractivity contribution in [3.8, 4) is 0 Å². The molecule has 1 unspecified atom stereocenters. The fraction of sp³-hybridized carbons (Fsp3) is 0.176. The highest BCUT2D eigenvalue weighted by Crippen LogP contribution is 2.20. The average molecular weight is 500 g/mol. The minimum atomic E-state index is -3.86. The van der Waals surface area contributed by atoms with Crippen LogP contribution in [0.3, 0.4) is 0 Å². The smallest absolute Gasteiger partial charge is 0.263 e. The van der Waals surface area contributed by atoms with Crippen LogP contribution in [0.2, 0.25) is 5.15 Å². The first-order valence-corrected chi connectivity index (χ1v) is 11.0. The number of amides is 1. The predicted molar refractivity (Wildman–Crippen MR) is 112 cm³/mol. The molecule has 29 heavy (non-hydrogen) atoms. The van der Waals surface area contributed by atoms with Crippen molar-refractivity contribution < 1.29 is 13.2 Å². The molecule has 152 valence electrons. The van der Waals surface area contributed by atoms with E-state index in [2.05, 4.69) is 41.3 Å². The summed E-state index contributed by atoms with van der Waals surface area (Å²) >= 11 is 9.00. The lowest BCUT2D eigenvalue weighted by atomic mass is 10.2. The van der Waals surface area contributed by atoms with Gasteiger partial charge in [-0.1, -0.05) is 11.6 Å². The second-order valence-corrected chi connectivity index (χ2v) is 9.00. The summed E-state index contributed by atoms with van der Waals surface area (Å²) in [5.74, 6) is -0.244. The Morgan fingerprint density at radius 3 is 2.41 bits per heavy atom. The van der Waals surface area contributed by atoms with Gasteiger partial charge in [0.25, 0.3) is 10.0 Å². The number of hydrogen-bond donors (Lipinski definition) is 2. The fourth-order valence-corrected chi connectivity index (χ4v) is 3.70. The Kier molecular flexibility index (Phi) is 6.20. The maximum Gasteiger partial charge on any atom is 0.263 e. The van der Waals surface area contributed by atoms with Crippen molar-refractivity contribution in [3.63, 3.8) is 0 Å². The van der Waals surface area contributed by atoms with Crippen LogP contribution in [0.25, 0.3) is 0 Å². The molecule has 0 bridgehead atoms. The number of nitrogens with one attached hydrogen (secondary N) is 2. The minimum Gasteiger partial charge on any atom is -0.324 e. The number of sulfonamides is 1. The molecule has 0 saturated carbocycles. The maximum absolute atomic E-state index is 12.4. The Morgan fingerprint density at radius 2 is 1.86 bits per heavy atom. The third-order valence-corrected chi connectivity index (χ3v) is 6.29. The molecule has 0 radical (unpaired) electrons. The van der Waals surface area contributed by atoms with Crippen LogP contribution >= 0.6 is 27.5 Å². The standard InChI is InChI=1S/C17H16BrClN6O3S/c1-10-14(18)9-25(23-10)11(2)17(26)20-12-3-5-13(6-4-12)29(27,28)24-16-8-7-15(19)21-22-16/h3-9,11H,1-2H3,(H,20,26)(H,22,24). The lowest BCUT2D eigenvalue weighted by Crippen LogP contribution is -2.24. The molecule has 2 aromatic heterocycles. The predicted octanol–water partition coefficient (Wildman–Crippen LogP) is 3.40. The maximum atomic E-state index is 12.4. The highest BCUT2D eigenvalue weighted by atomic mass is 79.9. The number of carbonyl (C=O) groups excluding carboxylic acids is 1. The van der Waals surface area contributed by atoms with Crippen LogP contribution in [0, 0.1) is 6.92 Å². The molecule has 12 heteroatoms. The van der Waals surface area contributed by atoms with Gasteiger partial charge in [-0.2, -0.15) is 5.10 Å². The van der Waals surface area contributed by atoms with Crippen molar-refractivity contribution >= 4 is 55.0 Å². The molecule has 2 heterocycles. The van der Waals surface area contributed by atoms with Gasteiger partial charge in [-0.25, -0.2) is 8.42 Å². The van der Waals surface area contributed by atoms with Crippen molar-refractivity contribution in [2.45, 2.75) is 24.8 Å². The normalized spacial score (nSPS) is 12.4. The molecule has 3 rings (SSSR count). The summed E-state index contributed by atoms with van der Waals surface area (Å²) in [5, 5.41) is 14.4. The number of nitrogens with zero attached hydrogens (tertiary/aromatic N) is 4. The zero-order chi connectivity index (χ0) is 21.2. The van der Waals surface area contributed by atoms with Gasteiger partial charge in [-0.3, -0.25) is 14.2 Å². The number of hydrogen-bond acceptors (Lipinski definition) is 6. The monoisotopic (exact) mass is 498 g/mol. The van der Waals surface area contributed by atoms with Gasteiger partial charge in [0.1, 0.15) is 6.04 Å². The van der Waals surface area contributed by atoms with E-state index in [0.717, 1.165) is 10.2 Å². The summed E-state index contributed by atoms with van der Waals surface area (Å²) in [7, 11) is -3.86. The Bertz CT molecular complexity index is 1110. The molecule has 0 aliphatic heterocycles. The minimum absolute atomic E-state index is 0.00642. The van der Waals surface area contributed by atoms with Gasteiger partial charge in [0, 0.05) is 11.9 Å². The first-order valence-electron chi connectivity index (χ1n) is 8.30. The Labute approximate surface area is 180 Å². The highest BCUT2D eigenvalue weighted by molar-refractivity contribution is 9.10. The summed E-state index contributed by atoms with van der Waals surface area (Å²) in [6.45, 7) is 3.54. The zero-order valence-electron chi connectivity index (χ0n) is 15.3. The van der Waals surface area contributed by atoms with Gasteiger partial charge in [0.05, 0.1) is 15.1 Å². The third-order valence-electron chi connectivity index (χ3n) is 3.94. The number of halogens is 2. The van der Waals surface area contributed by atoms with E-state index in [-0.39, 0.29) is 21.8 Å². The summed E-state index contributed by atoms with van der Waals surface area (Å²) in [5.41, 5.74) is 1.23. The van der Waals surface area contributed by atoms with Gasteiger partial charge < -0.3 is 5.32 Å². The molecule has 0 fully saturated rings. The van der Waals surface area contributed by atoms with Crippen molar-refractivity contribution in [2.24, 2.45) is 0 Å². The molecule has 1 aromatic carbocycles. The number of rotatable bonds is 6. The quantitative estimate of drug-likeness (QED) is 0.536. The Hall–Kier alpha value is -2.50. The van der Waals surface area contributed by atoms with Gasteiger partial charge in [0.15, 0.2) is 11.0 Å². The topological polar surface area (TPSA) is 119 Å². The molecular weight excluding hydrogens is 484 g/mol. The fourth-order valence-electron chi connectivity index (χ4n) is 2.31. The molecule has 9 nitrogen and oxygen atoms in total. The second-order valence-electron chi connectivity index (χ2n) is 6.08. The van der Waals surface area contributed by atoms with Gasteiger partial charge in [-0.05, 0) is 66.2 Å². The van der Waals surface area contributed by atoms with Crippen LogP contribution in [0.5, 0.6) is 0 Å². The molecule has 1 amide bonds. The molecular formula is C17H16BrClN6O3S. The third kappa shape index (κ3) is 5.11. The van der Waals surface area contributed by atoms with Gasteiger partial charge >= 0.3 is 0 Å². The molecule has 1 atom stereocenters. The van der Waals surface area contributed by atoms with Crippen LogP contribution in [0.15, 0.2) is 52.0 Å². The van der Waals surface area contributed by atoms with E-state index in [0.29, 0.717) is 5.69 Å². The van der Waals surface area contributed by atoms with Crippen LogP contribution in [0.4, 0.5) is 11.5 Å². The number of aryl methyl sites for hydroxylation is 1. The molecule has 0 saturated heterocycles. The lowest BCUT2D eigenvalue weighted by Gasteiger charge is -2.13. The average Bonchev–Trinajstić information content (AvgIpc) is 3.02. The molecule has 0 aliphatic carbocycles. The van der Waals surface area contributed by atoms with Crippen LogP contribution in [0.1, 0.15) is 18.7 Å². The molecule has 0 aliphatic rings. The van der Waals surface area contributed by atoms with Crippen molar-refractivity contribution in [1.82, 2.24) is 20.0 Å². The van der Waals surface area contributed by atoms with Crippen molar-refractivity contribution in [3.05, 3.63) is 57.9 Å². The summed E-state index contributed by atoms with van der Waals surface area (Å²) in [4.78, 5) is 12.4. The summed E-state index contributed by atoms with van der Waals surface area (Å²) < 4.78 is 29.5. The van der Waals surface area contributed by atoms with Crippen molar-refractivity contribution in [2.75, 3.05) is 10.0 Å². The lowest BCUT2D eigenvalue weighted by molar-refractivity contribution is -0.119. The molecule has 3 aromatic rings. The van der Waals surface area contributed by atoms with E-state index < -0.39 is 16.1 Å². The van der Waals surface area contributed by atoms with Crippen LogP contribution in [-0.2, 0) is 14.8 Å². The Morgan fingerprint density at radius 1 is 1.17 bits per heavy atom. The number of carbonyl (C=O) groups is 1. The van der Waals surface area contributed by atoms with Crippen LogP contribution in [-0.4, -0.2) is 34.3 Å². The Balaban J connectivity index is 1.69. The highest BCUT2D eigenvalue weighted by Gasteiger charge is 2.19. The van der Waals surface area contributed by atoms with E-state index >= 15 is 0 Å². The van der Waals surface area contributed by atoms with Crippen LogP contribution < -0.4 is 10.0 Å². The van der Waals surface area contributed by atoms with Gasteiger partial charge in [-0.15, -0.1) is 10.2 Å². The number of anilines is 2. The van der Waals surface area contributed by atoms with Crippen molar-refractivity contribution in [1.29, 1.82) is 0 Å².